The second-order valence-electron chi connectivity index (χ2n) is 7.70. The number of hydrogen-bond donors (Lipinski definition) is 0. The fourth-order valence-electron chi connectivity index (χ4n) is 3.50. The van der Waals surface area contributed by atoms with Gasteiger partial charge in [0.05, 0.1) is 5.56 Å². The summed E-state index contributed by atoms with van der Waals surface area (Å²) in [7, 11) is 0. The van der Waals surface area contributed by atoms with Gasteiger partial charge in [0.15, 0.2) is 0 Å². The van der Waals surface area contributed by atoms with E-state index in [0.717, 1.165) is 50.7 Å². The molecular formula is C23H29F2N3O2. The molecule has 2 aromatic rings. The lowest BCUT2D eigenvalue weighted by Crippen LogP contribution is -2.46. The second kappa shape index (κ2) is 10.5. The van der Waals surface area contributed by atoms with Crippen molar-refractivity contribution < 1.29 is 18.3 Å². The van der Waals surface area contributed by atoms with Gasteiger partial charge in [-0.2, -0.15) is 0 Å². The van der Waals surface area contributed by atoms with Gasteiger partial charge in [-0.1, -0.05) is 26.2 Å². The van der Waals surface area contributed by atoms with Crippen LogP contribution in [0.1, 0.15) is 48.5 Å². The summed E-state index contributed by atoms with van der Waals surface area (Å²) in [6.45, 7) is 8.49. The number of rotatable bonds is 8. The molecule has 0 saturated carbocycles. The summed E-state index contributed by atoms with van der Waals surface area (Å²) >= 11 is 0. The van der Waals surface area contributed by atoms with Crippen molar-refractivity contribution in [3.05, 3.63) is 53.2 Å². The summed E-state index contributed by atoms with van der Waals surface area (Å²) in [5, 5.41) is 0. The summed E-state index contributed by atoms with van der Waals surface area (Å²) in [6.07, 6.45) is 6.53. The molecule has 162 valence electrons. The van der Waals surface area contributed by atoms with E-state index in [-0.39, 0.29) is 16.9 Å². The van der Waals surface area contributed by atoms with Gasteiger partial charge in [-0.05, 0) is 32.0 Å². The third-order valence-electron chi connectivity index (χ3n) is 5.47. The number of unbranched alkanes of at least 4 members (excludes halogenated alkanes) is 3. The number of aromatic nitrogens is 1. The minimum Gasteiger partial charge on any atom is -0.423 e. The molecule has 0 radical (unpaired) electrons. The van der Waals surface area contributed by atoms with Gasteiger partial charge in [-0.25, -0.2) is 18.6 Å². The van der Waals surface area contributed by atoms with Crippen LogP contribution >= 0.6 is 0 Å². The second-order valence-corrected chi connectivity index (χ2v) is 7.70. The van der Waals surface area contributed by atoms with Crippen LogP contribution in [0.3, 0.4) is 0 Å². The van der Waals surface area contributed by atoms with E-state index in [1.54, 1.807) is 12.1 Å². The van der Waals surface area contributed by atoms with Crippen molar-refractivity contribution in [2.24, 2.45) is 0 Å². The quantitative estimate of drug-likeness (QED) is 0.357. The summed E-state index contributed by atoms with van der Waals surface area (Å²) in [5.41, 5.74) is 0.122. The number of anilines is 1. The number of esters is 1. The van der Waals surface area contributed by atoms with Gasteiger partial charge >= 0.3 is 5.97 Å². The third-order valence-corrected chi connectivity index (χ3v) is 5.47. The Balaban J connectivity index is 1.52. The van der Waals surface area contributed by atoms with Crippen molar-refractivity contribution in [2.75, 3.05) is 37.6 Å². The van der Waals surface area contributed by atoms with Crippen molar-refractivity contribution in [3.8, 4) is 5.75 Å². The molecular weight excluding hydrogens is 388 g/mol. The Hall–Kier alpha value is -2.54. The minimum atomic E-state index is -0.754. The first-order valence-corrected chi connectivity index (χ1v) is 10.6. The lowest BCUT2D eigenvalue weighted by atomic mass is 10.2. The summed E-state index contributed by atoms with van der Waals surface area (Å²) in [6, 6.07) is 5.41. The van der Waals surface area contributed by atoms with Crippen LogP contribution in [0.2, 0.25) is 0 Å². The van der Waals surface area contributed by atoms with Gasteiger partial charge in [0.25, 0.3) is 0 Å². The molecule has 0 bridgehead atoms. The van der Waals surface area contributed by atoms with Crippen LogP contribution in [0.25, 0.3) is 0 Å². The van der Waals surface area contributed by atoms with E-state index in [0.29, 0.717) is 0 Å². The van der Waals surface area contributed by atoms with Crippen LogP contribution in [0, 0.1) is 18.6 Å². The summed E-state index contributed by atoms with van der Waals surface area (Å²) in [4.78, 5) is 21.3. The molecule has 0 aliphatic carbocycles. The van der Waals surface area contributed by atoms with Crippen molar-refractivity contribution in [3.63, 3.8) is 0 Å². The van der Waals surface area contributed by atoms with E-state index in [2.05, 4.69) is 21.7 Å². The van der Waals surface area contributed by atoms with Crippen LogP contribution in [-0.4, -0.2) is 48.6 Å². The molecule has 0 atom stereocenters. The number of halogens is 2. The maximum Gasteiger partial charge on any atom is 0.345 e. The van der Waals surface area contributed by atoms with Crippen LogP contribution in [-0.2, 0) is 0 Å². The fraction of sp³-hybridized carbons (Fsp3) is 0.478. The highest BCUT2D eigenvalue weighted by Crippen LogP contribution is 2.21. The Kier molecular flexibility index (Phi) is 7.74. The van der Waals surface area contributed by atoms with E-state index in [9.17, 15) is 13.6 Å². The predicted octanol–water partition coefficient (Wildman–Crippen LogP) is 4.59. The number of benzene rings is 1. The predicted molar refractivity (Wildman–Crippen MR) is 113 cm³/mol. The smallest absolute Gasteiger partial charge is 0.345 e. The number of nitrogens with zero attached hydrogens (tertiary/aromatic N) is 3. The third kappa shape index (κ3) is 5.75. The van der Waals surface area contributed by atoms with Crippen LogP contribution in [0.4, 0.5) is 14.6 Å². The molecule has 5 nitrogen and oxygen atoms in total. The Morgan fingerprint density at radius 1 is 1.07 bits per heavy atom. The summed E-state index contributed by atoms with van der Waals surface area (Å²) in [5.74, 6) is -1.57. The molecule has 7 heteroatoms. The number of hydrogen-bond acceptors (Lipinski definition) is 5. The summed E-state index contributed by atoms with van der Waals surface area (Å²) < 4.78 is 32.4. The Labute approximate surface area is 176 Å². The average Bonchev–Trinajstić information content (AvgIpc) is 2.75. The van der Waals surface area contributed by atoms with Gasteiger partial charge in [0.2, 0.25) is 0 Å². The molecule has 30 heavy (non-hydrogen) atoms. The van der Waals surface area contributed by atoms with Crippen molar-refractivity contribution in [1.29, 1.82) is 0 Å². The normalized spacial score (nSPS) is 14.7. The molecule has 1 saturated heterocycles. The van der Waals surface area contributed by atoms with Gasteiger partial charge in [-0.3, -0.25) is 4.90 Å². The van der Waals surface area contributed by atoms with E-state index in [4.69, 9.17) is 4.74 Å². The molecule has 3 rings (SSSR count). The van der Waals surface area contributed by atoms with Crippen LogP contribution in [0.15, 0.2) is 30.5 Å². The monoisotopic (exact) mass is 417 g/mol. The van der Waals surface area contributed by atoms with Gasteiger partial charge in [0.1, 0.15) is 23.2 Å². The van der Waals surface area contributed by atoms with Gasteiger partial charge in [-0.15, -0.1) is 0 Å². The maximum absolute atomic E-state index is 13.6. The minimum absolute atomic E-state index is 0.109. The van der Waals surface area contributed by atoms with Gasteiger partial charge < -0.3 is 9.64 Å². The van der Waals surface area contributed by atoms with Crippen LogP contribution < -0.4 is 9.64 Å². The molecule has 0 N–H and O–H groups in total. The molecule has 2 heterocycles. The Morgan fingerprint density at radius 2 is 1.77 bits per heavy atom. The molecule has 1 aliphatic heterocycles. The van der Waals surface area contributed by atoms with E-state index in [1.165, 1.54) is 38.8 Å². The first-order chi connectivity index (χ1) is 14.5. The molecule has 1 fully saturated rings. The number of ether oxygens (including phenoxy) is 1. The maximum atomic E-state index is 13.6. The Bertz CT molecular complexity index is 827. The zero-order chi connectivity index (χ0) is 21.5. The van der Waals surface area contributed by atoms with E-state index in [1.807, 2.05) is 0 Å². The first-order valence-electron chi connectivity index (χ1n) is 10.6. The standard InChI is InChI=1S/C23H29F2N3O2/c1-3-4-5-6-9-27-10-12-28(13-11-27)22-8-7-18(16-26-22)23(29)30-19-14-20(24)17(2)21(25)15-19/h7-8,14-16H,3-6,9-13H2,1-2H3. The fourth-order valence-corrected chi connectivity index (χ4v) is 3.50. The molecule has 1 aromatic heterocycles. The number of pyridine rings is 1. The molecule has 0 amide bonds. The lowest BCUT2D eigenvalue weighted by molar-refractivity contribution is 0.0733. The topological polar surface area (TPSA) is 45.7 Å². The average molecular weight is 418 g/mol. The number of piperazine rings is 1. The highest BCUT2D eigenvalue weighted by Gasteiger charge is 2.19. The van der Waals surface area contributed by atoms with Crippen molar-refractivity contribution >= 4 is 11.8 Å². The first kappa shape index (κ1) is 22.2. The molecule has 0 unspecified atom stereocenters. The zero-order valence-electron chi connectivity index (χ0n) is 17.7. The zero-order valence-corrected chi connectivity index (χ0v) is 17.7. The highest BCUT2D eigenvalue weighted by molar-refractivity contribution is 5.90. The molecule has 1 aromatic carbocycles. The SMILES string of the molecule is CCCCCCN1CCN(c2ccc(C(=O)Oc3cc(F)c(C)c(F)c3)cn2)CC1. The lowest BCUT2D eigenvalue weighted by Gasteiger charge is -2.35. The number of carbonyl (C=O) groups excluding carboxylic acids is 1. The van der Waals surface area contributed by atoms with E-state index >= 15 is 0 Å². The Morgan fingerprint density at radius 3 is 2.37 bits per heavy atom. The van der Waals surface area contributed by atoms with Crippen molar-refractivity contribution in [2.45, 2.75) is 39.5 Å². The largest absolute Gasteiger partial charge is 0.423 e. The van der Waals surface area contributed by atoms with Gasteiger partial charge in [0, 0.05) is 50.1 Å². The number of carbonyl (C=O) groups is 1. The van der Waals surface area contributed by atoms with Crippen LogP contribution in [0.5, 0.6) is 5.75 Å². The molecule has 0 spiro atoms. The van der Waals surface area contributed by atoms with Crippen molar-refractivity contribution in [1.82, 2.24) is 9.88 Å². The van der Waals surface area contributed by atoms with E-state index < -0.39 is 17.6 Å². The molecule has 1 aliphatic rings. The highest BCUT2D eigenvalue weighted by atomic mass is 19.1.